The number of hydrogen-bond donors (Lipinski definition) is 1. The fourth-order valence-electron chi connectivity index (χ4n) is 0.939. The zero-order chi connectivity index (χ0) is 9.56. The molecule has 0 aromatic rings. The molecule has 4 nitrogen and oxygen atoms in total. The highest BCUT2D eigenvalue weighted by Gasteiger charge is 2.12. The summed E-state index contributed by atoms with van der Waals surface area (Å²) in [7, 11) is 7.16. The summed E-state index contributed by atoms with van der Waals surface area (Å²) < 4.78 is 5.13. The number of likely N-dealkylation sites (N-methyl/N-ethyl adjacent to an activating group) is 1. The lowest BCUT2D eigenvalue weighted by Crippen LogP contribution is -2.32. The number of ether oxygens (including phenoxy) is 1. The van der Waals surface area contributed by atoms with Gasteiger partial charge in [-0.2, -0.15) is 0 Å². The Morgan fingerprint density at radius 1 is 1.58 bits per heavy atom. The van der Waals surface area contributed by atoms with Crippen LogP contribution in [0.1, 0.15) is 6.42 Å². The zero-order valence-corrected chi connectivity index (χ0v) is 8.26. The van der Waals surface area contributed by atoms with E-state index in [0.717, 1.165) is 6.54 Å². The minimum atomic E-state index is -0.0139. The quantitative estimate of drug-likeness (QED) is 0.622. The highest BCUT2D eigenvalue weighted by atomic mass is 16.5. The molecule has 1 N–H and O–H groups in total. The molecular weight excluding hydrogens is 156 g/mol. The van der Waals surface area contributed by atoms with Gasteiger partial charge >= 0.3 is 0 Å². The topological polar surface area (TPSA) is 41.6 Å². The van der Waals surface area contributed by atoms with Crippen LogP contribution >= 0.6 is 0 Å². The number of hydrogen-bond acceptors (Lipinski definition) is 3. The minimum absolute atomic E-state index is 0.0139. The van der Waals surface area contributed by atoms with Gasteiger partial charge < -0.3 is 15.0 Å². The van der Waals surface area contributed by atoms with Gasteiger partial charge in [-0.25, -0.2) is 0 Å². The summed E-state index contributed by atoms with van der Waals surface area (Å²) >= 11 is 0. The lowest BCUT2D eigenvalue weighted by Gasteiger charge is -2.18. The van der Waals surface area contributed by atoms with Gasteiger partial charge in [0.25, 0.3) is 0 Å². The molecule has 0 aromatic carbocycles. The predicted molar refractivity (Wildman–Crippen MR) is 48.0 cm³/mol. The van der Waals surface area contributed by atoms with Crippen molar-refractivity contribution in [3.8, 4) is 0 Å². The normalized spacial score (nSPS) is 13.1. The molecule has 1 amide bonds. The standard InChI is InChI=1S/C8H18N2O2/c1-9-8(11)5-7(12-4)6-10(2)3/h7H,5-6H2,1-4H3,(H,9,11). The van der Waals surface area contributed by atoms with Gasteiger partial charge in [0, 0.05) is 20.7 Å². The van der Waals surface area contributed by atoms with Crippen LogP contribution in [0.2, 0.25) is 0 Å². The maximum absolute atomic E-state index is 11.0. The van der Waals surface area contributed by atoms with E-state index in [4.69, 9.17) is 4.74 Å². The largest absolute Gasteiger partial charge is 0.380 e. The van der Waals surface area contributed by atoms with Crippen LogP contribution in [0.15, 0.2) is 0 Å². The average Bonchev–Trinajstić information content (AvgIpc) is 2.02. The molecule has 1 atom stereocenters. The van der Waals surface area contributed by atoms with Gasteiger partial charge in [-0.05, 0) is 14.1 Å². The molecule has 1 unspecified atom stereocenters. The molecule has 72 valence electrons. The summed E-state index contributed by atoms with van der Waals surface area (Å²) in [6, 6.07) is 0. The van der Waals surface area contributed by atoms with Crippen molar-refractivity contribution in [2.45, 2.75) is 12.5 Å². The third-order valence-corrected chi connectivity index (χ3v) is 1.59. The lowest BCUT2D eigenvalue weighted by molar-refractivity contribution is -0.123. The molecule has 0 rings (SSSR count). The second-order valence-electron chi connectivity index (χ2n) is 3.00. The fraction of sp³-hybridized carbons (Fsp3) is 0.875. The van der Waals surface area contributed by atoms with E-state index < -0.39 is 0 Å². The van der Waals surface area contributed by atoms with Crippen LogP contribution in [-0.2, 0) is 9.53 Å². The van der Waals surface area contributed by atoms with E-state index in [1.807, 2.05) is 19.0 Å². The number of nitrogens with zero attached hydrogens (tertiary/aromatic N) is 1. The van der Waals surface area contributed by atoms with Crippen molar-refractivity contribution in [3.63, 3.8) is 0 Å². The molecule has 0 bridgehead atoms. The van der Waals surface area contributed by atoms with E-state index in [0.29, 0.717) is 6.42 Å². The maximum atomic E-state index is 11.0. The van der Waals surface area contributed by atoms with Gasteiger partial charge in [0.05, 0.1) is 12.5 Å². The molecular formula is C8H18N2O2. The first-order chi connectivity index (χ1) is 5.60. The van der Waals surface area contributed by atoms with Gasteiger partial charge in [-0.15, -0.1) is 0 Å². The monoisotopic (exact) mass is 174 g/mol. The first kappa shape index (κ1) is 11.4. The average molecular weight is 174 g/mol. The molecule has 0 heterocycles. The van der Waals surface area contributed by atoms with E-state index in [2.05, 4.69) is 5.32 Å². The number of carbonyl (C=O) groups is 1. The van der Waals surface area contributed by atoms with Crippen molar-refractivity contribution in [1.29, 1.82) is 0 Å². The van der Waals surface area contributed by atoms with Gasteiger partial charge in [-0.1, -0.05) is 0 Å². The van der Waals surface area contributed by atoms with Gasteiger partial charge in [-0.3, -0.25) is 4.79 Å². The lowest BCUT2D eigenvalue weighted by atomic mass is 10.2. The number of carbonyl (C=O) groups excluding carboxylic acids is 1. The molecule has 0 aliphatic rings. The molecule has 0 aliphatic heterocycles. The van der Waals surface area contributed by atoms with E-state index in [9.17, 15) is 4.79 Å². The van der Waals surface area contributed by atoms with E-state index in [1.54, 1.807) is 14.2 Å². The second kappa shape index (κ2) is 5.97. The third-order valence-electron chi connectivity index (χ3n) is 1.59. The Morgan fingerprint density at radius 3 is 2.50 bits per heavy atom. The maximum Gasteiger partial charge on any atom is 0.222 e. The van der Waals surface area contributed by atoms with Crippen molar-refractivity contribution < 1.29 is 9.53 Å². The summed E-state index contributed by atoms with van der Waals surface area (Å²) in [6.07, 6.45) is 0.408. The van der Waals surface area contributed by atoms with Gasteiger partial charge in [0.1, 0.15) is 0 Å². The van der Waals surface area contributed by atoms with Crippen molar-refractivity contribution in [3.05, 3.63) is 0 Å². The van der Waals surface area contributed by atoms with E-state index >= 15 is 0 Å². The van der Waals surface area contributed by atoms with E-state index in [1.165, 1.54) is 0 Å². The number of rotatable bonds is 5. The van der Waals surface area contributed by atoms with Crippen LogP contribution in [-0.4, -0.2) is 51.7 Å². The Balaban J connectivity index is 3.74. The smallest absolute Gasteiger partial charge is 0.222 e. The zero-order valence-electron chi connectivity index (χ0n) is 8.26. The summed E-state index contributed by atoms with van der Waals surface area (Å²) in [5.41, 5.74) is 0. The molecule has 0 saturated carbocycles. The van der Waals surface area contributed by atoms with Crippen molar-refractivity contribution >= 4 is 5.91 Å². The van der Waals surface area contributed by atoms with Crippen LogP contribution in [0.5, 0.6) is 0 Å². The predicted octanol–water partition coefficient (Wildman–Crippen LogP) is -0.301. The SMILES string of the molecule is CNC(=O)CC(CN(C)C)OC. The van der Waals surface area contributed by atoms with Crippen LogP contribution in [0, 0.1) is 0 Å². The van der Waals surface area contributed by atoms with Gasteiger partial charge in [0.2, 0.25) is 5.91 Å². The summed E-state index contributed by atoms with van der Waals surface area (Å²) in [5, 5.41) is 2.57. The fourth-order valence-corrected chi connectivity index (χ4v) is 0.939. The molecule has 0 aliphatic carbocycles. The minimum Gasteiger partial charge on any atom is -0.380 e. The summed E-state index contributed by atoms with van der Waals surface area (Å²) in [5.74, 6) is 0.0173. The Labute approximate surface area is 73.9 Å². The molecule has 4 heteroatoms. The third kappa shape index (κ3) is 5.09. The summed E-state index contributed by atoms with van der Waals surface area (Å²) in [6.45, 7) is 0.768. The molecule has 0 radical (unpaired) electrons. The Morgan fingerprint density at radius 2 is 2.17 bits per heavy atom. The number of amides is 1. The summed E-state index contributed by atoms with van der Waals surface area (Å²) in [4.78, 5) is 13.0. The van der Waals surface area contributed by atoms with Gasteiger partial charge in [0.15, 0.2) is 0 Å². The van der Waals surface area contributed by atoms with Crippen LogP contribution in [0.25, 0.3) is 0 Å². The highest BCUT2D eigenvalue weighted by Crippen LogP contribution is 1.97. The van der Waals surface area contributed by atoms with E-state index in [-0.39, 0.29) is 12.0 Å². The number of methoxy groups -OCH3 is 1. The van der Waals surface area contributed by atoms with Crippen LogP contribution in [0.4, 0.5) is 0 Å². The van der Waals surface area contributed by atoms with Crippen LogP contribution in [0.3, 0.4) is 0 Å². The molecule has 0 fully saturated rings. The van der Waals surface area contributed by atoms with Crippen molar-refractivity contribution in [2.75, 3.05) is 34.8 Å². The molecule has 0 saturated heterocycles. The second-order valence-corrected chi connectivity index (χ2v) is 3.00. The van der Waals surface area contributed by atoms with Crippen LogP contribution < -0.4 is 5.32 Å². The Hall–Kier alpha value is -0.610. The molecule has 0 aromatic heterocycles. The van der Waals surface area contributed by atoms with Crippen molar-refractivity contribution in [2.24, 2.45) is 0 Å². The Kier molecular flexibility index (Phi) is 5.66. The molecule has 12 heavy (non-hydrogen) atoms. The highest BCUT2D eigenvalue weighted by molar-refractivity contribution is 5.76. The van der Waals surface area contributed by atoms with Crippen molar-refractivity contribution in [1.82, 2.24) is 10.2 Å². The first-order valence-corrected chi connectivity index (χ1v) is 3.98. The molecule has 0 spiro atoms. The Bertz CT molecular complexity index is 137. The number of nitrogens with one attached hydrogen (secondary N) is 1. The first-order valence-electron chi connectivity index (χ1n) is 3.98.